The molecular formula is C8H12Cl2N4O3Se. The summed E-state index contributed by atoms with van der Waals surface area (Å²) in [6, 6.07) is 0. The molecule has 0 saturated heterocycles. The van der Waals surface area contributed by atoms with Crippen LogP contribution in [0.5, 0.6) is 0 Å². The van der Waals surface area contributed by atoms with Crippen LogP contribution in [0.15, 0.2) is 15.9 Å². The van der Waals surface area contributed by atoms with Gasteiger partial charge in [-0.2, -0.15) is 3.84 Å². The van der Waals surface area contributed by atoms with Gasteiger partial charge in [0.2, 0.25) is 0 Å². The third kappa shape index (κ3) is 2.96. The van der Waals surface area contributed by atoms with Crippen molar-refractivity contribution in [1.29, 1.82) is 0 Å². The molecule has 2 heterocycles. The molecule has 0 aromatic carbocycles. The van der Waals surface area contributed by atoms with Crippen LogP contribution in [0.25, 0.3) is 11.2 Å². The van der Waals surface area contributed by atoms with Crippen LogP contribution in [0, 0.1) is 0 Å². The Balaban J connectivity index is 0.000000660. The van der Waals surface area contributed by atoms with Gasteiger partial charge < -0.3 is 4.57 Å². The Morgan fingerprint density at radius 2 is 1.67 bits per heavy atom. The first-order valence-corrected chi connectivity index (χ1v) is 5.03. The van der Waals surface area contributed by atoms with Gasteiger partial charge in [0, 0.05) is 21.1 Å². The van der Waals surface area contributed by atoms with E-state index in [1.54, 1.807) is 18.7 Å². The van der Waals surface area contributed by atoms with E-state index in [2.05, 4.69) is 32.6 Å². The summed E-state index contributed by atoms with van der Waals surface area (Å²) in [6.45, 7) is 0. The topological polar surface area (TPSA) is 71.1 Å². The fourth-order valence-electron chi connectivity index (χ4n) is 1.47. The van der Waals surface area contributed by atoms with Gasteiger partial charge >= 0.3 is 22.8 Å². The molecule has 0 saturated carbocycles. The number of hydrogen-bond acceptors (Lipinski definition) is 4. The summed E-state index contributed by atoms with van der Waals surface area (Å²) in [7, 11) is 4.77. The molecule has 0 amide bonds. The van der Waals surface area contributed by atoms with Crippen molar-refractivity contribution in [2.24, 2.45) is 21.1 Å². The van der Waals surface area contributed by atoms with Crippen molar-refractivity contribution >= 4 is 52.0 Å². The van der Waals surface area contributed by atoms with Gasteiger partial charge in [-0.15, -0.1) is 0 Å². The Labute approximate surface area is 123 Å². The Bertz CT molecular complexity index is 648. The summed E-state index contributed by atoms with van der Waals surface area (Å²) in [5, 5.41) is 0. The second-order valence-electron chi connectivity index (χ2n) is 3.29. The third-order valence-electron chi connectivity index (χ3n) is 2.32. The summed E-state index contributed by atoms with van der Waals surface area (Å²) >= 11 is 8.53. The Morgan fingerprint density at radius 1 is 1.17 bits per heavy atom. The Kier molecular flexibility index (Phi) is 6.66. The summed E-state index contributed by atoms with van der Waals surface area (Å²) in [4.78, 5) is 27.2. The Hall–Kier alpha value is -0.791. The molecule has 0 radical (unpaired) electrons. The molecule has 0 fully saturated rings. The maximum absolute atomic E-state index is 11.7. The average molecular weight is 362 g/mol. The molecule has 0 atom stereocenters. The van der Waals surface area contributed by atoms with E-state index in [0.717, 1.165) is 4.57 Å². The molecule has 0 aliphatic carbocycles. The van der Waals surface area contributed by atoms with Crippen LogP contribution in [0.3, 0.4) is 0 Å². The monoisotopic (exact) mass is 362 g/mol. The van der Waals surface area contributed by atoms with E-state index in [1.807, 2.05) is 0 Å². The Morgan fingerprint density at radius 3 is 2.17 bits per heavy atom. The van der Waals surface area contributed by atoms with Crippen LogP contribution in [-0.2, 0) is 25.0 Å². The molecule has 2 aromatic heterocycles. The molecule has 10 heteroatoms. The minimum atomic E-state index is -0.360. The maximum atomic E-state index is 11.7. The van der Waals surface area contributed by atoms with Crippen LogP contribution in [0.2, 0.25) is 0 Å². The number of aromatic nitrogens is 4. The van der Waals surface area contributed by atoms with E-state index in [0.29, 0.717) is 11.2 Å². The molecule has 2 rings (SSSR count). The number of hydrogen-bond donors (Lipinski definition) is 0. The quantitative estimate of drug-likeness (QED) is 0.585. The van der Waals surface area contributed by atoms with Crippen molar-refractivity contribution < 1.29 is 3.84 Å². The second-order valence-corrected chi connectivity index (χ2v) is 3.76. The normalized spacial score (nSPS) is 9.61. The number of imidazole rings is 1. The van der Waals surface area contributed by atoms with Crippen molar-refractivity contribution in [3.05, 3.63) is 27.2 Å². The molecule has 0 N–H and O–H groups in total. The van der Waals surface area contributed by atoms with Crippen LogP contribution in [-0.4, -0.2) is 35.8 Å². The van der Waals surface area contributed by atoms with Gasteiger partial charge in [-0.25, -0.2) is 9.78 Å². The van der Waals surface area contributed by atoms with E-state index in [-0.39, 0.29) is 28.3 Å². The zero-order chi connectivity index (χ0) is 13.2. The first kappa shape index (κ1) is 17.2. The van der Waals surface area contributed by atoms with Crippen molar-refractivity contribution in [3.63, 3.8) is 0 Å². The van der Waals surface area contributed by atoms with Crippen molar-refractivity contribution in [3.8, 4) is 0 Å². The SMILES string of the molecule is ClOCl.Cn1c(=O)c2c(ncn2C)n(C)c1=O.[SeH2]. The van der Waals surface area contributed by atoms with Crippen molar-refractivity contribution in [2.75, 3.05) is 0 Å². The van der Waals surface area contributed by atoms with E-state index >= 15 is 0 Å². The zero-order valence-electron chi connectivity index (χ0n) is 9.85. The van der Waals surface area contributed by atoms with Crippen LogP contribution >= 0.6 is 23.7 Å². The molecule has 7 nitrogen and oxygen atoms in total. The minimum absolute atomic E-state index is 0. The molecule has 0 aliphatic heterocycles. The van der Waals surface area contributed by atoms with Gasteiger partial charge in [0.15, 0.2) is 11.2 Å². The van der Waals surface area contributed by atoms with E-state index < -0.39 is 0 Å². The van der Waals surface area contributed by atoms with Crippen LogP contribution < -0.4 is 11.2 Å². The van der Waals surface area contributed by atoms with Crippen molar-refractivity contribution in [1.82, 2.24) is 18.7 Å². The number of rotatable bonds is 0. The number of fused-ring (bicyclic) bond motifs is 1. The first-order valence-electron chi connectivity index (χ1n) is 4.42. The van der Waals surface area contributed by atoms with Gasteiger partial charge in [-0.3, -0.25) is 13.9 Å². The summed E-state index contributed by atoms with van der Waals surface area (Å²) in [5.74, 6) is 0. The van der Waals surface area contributed by atoms with Gasteiger partial charge in [0.25, 0.3) is 5.56 Å². The fourth-order valence-corrected chi connectivity index (χ4v) is 1.47. The molecular weight excluding hydrogens is 350 g/mol. The standard InChI is InChI=1S/C8H10N4O2.Cl2O.H2Se/c1-10-4-9-6-5(10)7(13)12(3)8(14)11(6)2;1-3-2;/h4H,1-3H3;;1H2. The van der Waals surface area contributed by atoms with E-state index in [9.17, 15) is 9.59 Å². The van der Waals surface area contributed by atoms with E-state index in [4.69, 9.17) is 0 Å². The average Bonchev–Trinajstić information content (AvgIpc) is 2.67. The first-order chi connectivity index (χ1) is 7.95. The number of nitrogens with zero attached hydrogens (tertiary/aromatic N) is 4. The molecule has 0 aliphatic rings. The summed E-state index contributed by atoms with van der Waals surface area (Å²) in [5.41, 5.74) is 0.180. The molecule has 0 unspecified atom stereocenters. The van der Waals surface area contributed by atoms with Gasteiger partial charge in [-0.1, -0.05) is 0 Å². The summed E-state index contributed by atoms with van der Waals surface area (Å²) in [6.07, 6.45) is 1.52. The predicted octanol–water partition coefficient (Wildman–Crippen LogP) is -0.635. The second kappa shape index (κ2) is 6.96. The van der Waals surface area contributed by atoms with Gasteiger partial charge in [0.05, 0.1) is 30.1 Å². The zero-order valence-corrected chi connectivity index (χ0v) is 13.5. The van der Waals surface area contributed by atoms with E-state index in [1.165, 1.54) is 17.9 Å². The van der Waals surface area contributed by atoms with Crippen molar-refractivity contribution in [2.45, 2.75) is 0 Å². The van der Waals surface area contributed by atoms with Crippen LogP contribution in [0.4, 0.5) is 0 Å². The number of aryl methyl sites for hydroxylation is 2. The third-order valence-corrected chi connectivity index (χ3v) is 2.32. The predicted molar refractivity (Wildman–Crippen MR) is 72.5 cm³/mol. The molecule has 2 aromatic rings. The fraction of sp³-hybridized carbons (Fsp3) is 0.375. The van der Waals surface area contributed by atoms with Crippen LogP contribution in [0.1, 0.15) is 0 Å². The molecule has 102 valence electrons. The molecule has 0 spiro atoms. The molecule has 18 heavy (non-hydrogen) atoms. The molecule has 0 bridgehead atoms. The van der Waals surface area contributed by atoms with Gasteiger partial charge in [0.1, 0.15) is 0 Å². The van der Waals surface area contributed by atoms with Gasteiger partial charge in [-0.05, 0) is 0 Å². The summed E-state index contributed by atoms with van der Waals surface area (Å²) < 4.78 is 7.23. The number of halogens is 2.